The molecule has 1 aromatic heterocycles. The Hall–Kier alpha value is -1.16. The van der Waals surface area contributed by atoms with Crippen LogP contribution < -0.4 is 4.90 Å². The summed E-state index contributed by atoms with van der Waals surface area (Å²) in [6, 6.07) is 0. The number of aromatic nitrogens is 2. The second-order valence-electron chi connectivity index (χ2n) is 6.07. The van der Waals surface area contributed by atoms with Gasteiger partial charge in [0, 0.05) is 30.8 Å². The fourth-order valence-corrected chi connectivity index (χ4v) is 2.51. The first-order chi connectivity index (χ1) is 9.39. The molecule has 1 rings (SSSR count). The average Bonchev–Trinajstić information content (AvgIpc) is 2.44. The lowest BCUT2D eigenvalue weighted by Crippen LogP contribution is -2.38. The van der Waals surface area contributed by atoms with Crippen LogP contribution in [0.3, 0.4) is 0 Å². The van der Waals surface area contributed by atoms with Crippen LogP contribution in [0.25, 0.3) is 0 Å². The summed E-state index contributed by atoms with van der Waals surface area (Å²) in [6.07, 6.45) is 3.86. The van der Waals surface area contributed by atoms with Crippen LogP contribution in [0, 0.1) is 12.3 Å². The number of hydrogen-bond acceptors (Lipinski definition) is 4. The molecule has 0 aromatic carbocycles. The van der Waals surface area contributed by atoms with Crippen molar-refractivity contribution in [1.29, 1.82) is 0 Å². The molecule has 0 bridgehead atoms. The van der Waals surface area contributed by atoms with Gasteiger partial charge in [-0.15, -0.1) is 0 Å². The van der Waals surface area contributed by atoms with Crippen LogP contribution in [0.4, 0.5) is 5.82 Å². The van der Waals surface area contributed by atoms with E-state index in [1.807, 2.05) is 13.1 Å². The van der Waals surface area contributed by atoms with Gasteiger partial charge in [0.1, 0.15) is 11.6 Å². The van der Waals surface area contributed by atoms with Gasteiger partial charge in [-0.25, -0.2) is 9.97 Å². The average molecular weight is 279 g/mol. The van der Waals surface area contributed by atoms with Gasteiger partial charge in [0.15, 0.2) is 0 Å². The zero-order valence-corrected chi connectivity index (χ0v) is 13.8. The van der Waals surface area contributed by atoms with E-state index in [0.29, 0.717) is 5.92 Å². The molecular weight excluding hydrogens is 250 g/mol. The lowest BCUT2D eigenvalue weighted by atomic mass is 9.82. The van der Waals surface area contributed by atoms with Crippen molar-refractivity contribution in [3.63, 3.8) is 0 Å². The molecule has 0 radical (unpaired) electrons. The lowest BCUT2D eigenvalue weighted by molar-refractivity contribution is 0.121. The zero-order valence-electron chi connectivity index (χ0n) is 13.8. The van der Waals surface area contributed by atoms with Gasteiger partial charge in [-0.1, -0.05) is 27.7 Å². The van der Waals surface area contributed by atoms with Crippen LogP contribution in [-0.4, -0.2) is 35.3 Å². The minimum absolute atomic E-state index is 0.0537. The summed E-state index contributed by atoms with van der Waals surface area (Å²) in [4.78, 5) is 11.1. The molecule has 0 fully saturated rings. The van der Waals surface area contributed by atoms with Gasteiger partial charge in [0.2, 0.25) is 0 Å². The number of hydrogen-bond donors (Lipinski definition) is 1. The van der Waals surface area contributed by atoms with Crippen molar-refractivity contribution in [1.82, 2.24) is 9.97 Å². The van der Waals surface area contributed by atoms with E-state index in [-0.39, 0.29) is 12.0 Å². The molecule has 0 spiro atoms. The number of rotatable bonds is 7. The van der Waals surface area contributed by atoms with Crippen molar-refractivity contribution in [3.8, 4) is 0 Å². The van der Waals surface area contributed by atoms with Gasteiger partial charge in [-0.3, -0.25) is 0 Å². The molecule has 20 heavy (non-hydrogen) atoms. The normalized spacial score (nSPS) is 12.0. The molecule has 0 saturated carbocycles. The van der Waals surface area contributed by atoms with E-state index in [9.17, 15) is 5.11 Å². The molecule has 114 valence electrons. The van der Waals surface area contributed by atoms with Gasteiger partial charge >= 0.3 is 0 Å². The topological polar surface area (TPSA) is 49.2 Å². The molecule has 0 amide bonds. The Morgan fingerprint density at radius 1 is 1.30 bits per heavy atom. The molecule has 0 unspecified atom stereocenters. The van der Waals surface area contributed by atoms with Gasteiger partial charge < -0.3 is 10.0 Å². The summed E-state index contributed by atoms with van der Waals surface area (Å²) < 4.78 is 0. The number of nitrogens with zero attached hydrogens (tertiary/aromatic N) is 3. The Kier molecular flexibility index (Phi) is 5.93. The highest BCUT2D eigenvalue weighted by atomic mass is 16.3. The summed E-state index contributed by atoms with van der Waals surface area (Å²) in [5, 5.41) is 9.75. The Morgan fingerprint density at radius 2 is 1.90 bits per heavy atom. The van der Waals surface area contributed by atoms with E-state index in [0.717, 1.165) is 36.6 Å². The Bertz CT molecular complexity index is 419. The van der Waals surface area contributed by atoms with E-state index in [1.54, 1.807) is 0 Å². The minimum Gasteiger partial charge on any atom is -0.396 e. The third-order valence-corrected chi connectivity index (χ3v) is 4.31. The molecule has 0 saturated heterocycles. The molecule has 1 aromatic rings. The van der Waals surface area contributed by atoms with Crippen molar-refractivity contribution in [3.05, 3.63) is 17.6 Å². The van der Waals surface area contributed by atoms with Crippen LogP contribution in [0.2, 0.25) is 0 Å². The number of anilines is 1. The second-order valence-corrected chi connectivity index (χ2v) is 6.07. The summed E-state index contributed by atoms with van der Waals surface area (Å²) >= 11 is 0. The van der Waals surface area contributed by atoms with Crippen LogP contribution in [0.15, 0.2) is 6.20 Å². The summed E-state index contributed by atoms with van der Waals surface area (Å²) in [5.74, 6) is 2.17. The van der Waals surface area contributed by atoms with Crippen molar-refractivity contribution < 1.29 is 5.11 Å². The highest BCUT2D eigenvalue weighted by molar-refractivity contribution is 5.47. The summed E-state index contributed by atoms with van der Waals surface area (Å²) in [7, 11) is 2.06. The van der Waals surface area contributed by atoms with Gasteiger partial charge in [0.25, 0.3) is 0 Å². The maximum absolute atomic E-state index is 9.75. The molecule has 1 heterocycles. The molecule has 4 heteroatoms. The fourth-order valence-electron chi connectivity index (χ4n) is 2.51. The quantitative estimate of drug-likeness (QED) is 0.833. The van der Waals surface area contributed by atoms with Crippen molar-refractivity contribution in [2.24, 2.45) is 5.41 Å². The van der Waals surface area contributed by atoms with Gasteiger partial charge in [-0.05, 0) is 25.7 Å². The Balaban J connectivity index is 3.08. The van der Waals surface area contributed by atoms with Crippen LogP contribution in [0.1, 0.15) is 57.8 Å². The van der Waals surface area contributed by atoms with Crippen LogP contribution in [0.5, 0.6) is 0 Å². The van der Waals surface area contributed by atoms with Crippen LogP contribution in [-0.2, 0) is 0 Å². The summed E-state index contributed by atoms with van der Waals surface area (Å²) in [6.45, 7) is 11.5. The van der Waals surface area contributed by atoms with E-state index < -0.39 is 0 Å². The first kappa shape index (κ1) is 16.9. The van der Waals surface area contributed by atoms with Crippen LogP contribution >= 0.6 is 0 Å². The van der Waals surface area contributed by atoms with Crippen molar-refractivity contribution in [2.45, 2.75) is 53.4 Å². The first-order valence-corrected chi connectivity index (χ1v) is 7.54. The Morgan fingerprint density at radius 3 is 2.35 bits per heavy atom. The zero-order chi connectivity index (χ0) is 15.3. The molecule has 0 aliphatic carbocycles. The number of aliphatic hydroxyl groups is 1. The standard InChI is InChI=1S/C16H29N3O/c1-7-16(8-2,11-20)10-19(6)15-14(12(3)4)9-17-13(5)18-15/h9,12,20H,7-8,10-11H2,1-6H3. The second kappa shape index (κ2) is 7.02. The molecule has 0 atom stereocenters. The predicted molar refractivity (Wildman–Crippen MR) is 84.2 cm³/mol. The van der Waals surface area contributed by atoms with E-state index in [2.05, 4.69) is 49.6 Å². The molecule has 0 aliphatic rings. The SMILES string of the molecule is CCC(CC)(CO)CN(C)c1nc(C)ncc1C(C)C. The highest BCUT2D eigenvalue weighted by Crippen LogP contribution is 2.31. The predicted octanol–water partition coefficient (Wildman–Crippen LogP) is 3.14. The van der Waals surface area contributed by atoms with E-state index in [4.69, 9.17) is 0 Å². The molecule has 4 nitrogen and oxygen atoms in total. The van der Waals surface area contributed by atoms with E-state index >= 15 is 0 Å². The fraction of sp³-hybridized carbons (Fsp3) is 0.750. The lowest BCUT2D eigenvalue weighted by Gasteiger charge is -2.35. The molecule has 1 N–H and O–H groups in total. The first-order valence-electron chi connectivity index (χ1n) is 7.54. The van der Waals surface area contributed by atoms with Crippen molar-refractivity contribution >= 4 is 5.82 Å². The minimum atomic E-state index is -0.0537. The molecule has 0 aliphatic heterocycles. The number of aliphatic hydroxyl groups excluding tert-OH is 1. The van der Waals surface area contributed by atoms with Gasteiger partial charge in [0.05, 0.1) is 6.61 Å². The third-order valence-electron chi connectivity index (χ3n) is 4.31. The van der Waals surface area contributed by atoms with Gasteiger partial charge in [-0.2, -0.15) is 0 Å². The highest BCUT2D eigenvalue weighted by Gasteiger charge is 2.28. The Labute approximate surface area is 123 Å². The van der Waals surface area contributed by atoms with E-state index in [1.165, 1.54) is 0 Å². The third kappa shape index (κ3) is 3.69. The van der Waals surface area contributed by atoms with Crippen molar-refractivity contribution in [2.75, 3.05) is 25.1 Å². The molecular formula is C16H29N3O. The number of aryl methyl sites for hydroxylation is 1. The monoisotopic (exact) mass is 279 g/mol. The maximum Gasteiger partial charge on any atom is 0.135 e. The smallest absolute Gasteiger partial charge is 0.135 e. The maximum atomic E-state index is 9.75. The largest absolute Gasteiger partial charge is 0.396 e. The summed E-state index contributed by atoms with van der Waals surface area (Å²) in [5.41, 5.74) is 1.11.